The standard InChI is InChI=1S/C28H25F6N3O5S/c1-16-12-17(19-4-2-3-5-21(19)42-28(32,33)34)6-7-22(16)43(40,41)18-13-20(36-14-18)23(38)37(25(15-35)8-9-25)24(39)26(10-11-26)27(29,30)31/h2-7,12,18,20,36H,8-11,13-14H2,1H3/t18-,20+/m1/s1. The van der Waals surface area contributed by atoms with Crippen molar-refractivity contribution in [2.24, 2.45) is 5.41 Å². The van der Waals surface area contributed by atoms with Gasteiger partial charge in [-0.05, 0) is 62.3 Å². The number of para-hydroxylation sites is 1. The number of ether oxygens (including phenoxy) is 1. The molecule has 1 saturated heterocycles. The van der Waals surface area contributed by atoms with Crippen LogP contribution in [0.3, 0.4) is 0 Å². The smallest absolute Gasteiger partial charge is 0.405 e. The van der Waals surface area contributed by atoms with Gasteiger partial charge in [-0.1, -0.05) is 30.3 Å². The number of imide groups is 1. The van der Waals surface area contributed by atoms with Gasteiger partial charge in [0.1, 0.15) is 16.7 Å². The van der Waals surface area contributed by atoms with Crippen molar-refractivity contribution in [1.82, 2.24) is 10.2 Å². The summed E-state index contributed by atoms with van der Waals surface area (Å²) in [5.74, 6) is -3.04. The van der Waals surface area contributed by atoms with E-state index in [4.69, 9.17) is 0 Å². The summed E-state index contributed by atoms with van der Waals surface area (Å²) in [4.78, 5) is 26.9. The molecule has 3 aliphatic rings. The zero-order valence-electron chi connectivity index (χ0n) is 22.6. The number of hydrogen-bond donors (Lipinski definition) is 1. The van der Waals surface area contributed by atoms with Crippen LogP contribution in [0, 0.1) is 23.7 Å². The number of carbonyl (C=O) groups excluding carboxylic acids is 2. The van der Waals surface area contributed by atoms with Gasteiger partial charge in [-0.3, -0.25) is 14.5 Å². The van der Waals surface area contributed by atoms with Crippen molar-refractivity contribution in [2.75, 3.05) is 6.54 Å². The molecule has 1 heterocycles. The third-order valence-corrected chi connectivity index (χ3v) is 10.5. The molecular weight excluding hydrogens is 604 g/mol. The number of halogens is 6. The maximum absolute atomic E-state index is 13.7. The second-order valence-electron chi connectivity index (χ2n) is 11.1. The fourth-order valence-corrected chi connectivity index (χ4v) is 7.37. The van der Waals surface area contributed by atoms with Crippen LogP contribution in [0.25, 0.3) is 11.1 Å². The highest BCUT2D eigenvalue weighted by molar-refractivity contribution is 7.92. The van der Waals surface area contributed by atoms with Crippen LogP contribution < -0.4 is 10.1 Å². The van der Waals surface area contributed by atoms with Gasteiger partial charge < -0.3 is 10.1 Å². The van der Waals surface area contributed by atoms with Crippen LogP contribution in [0.15, 0.2) is 47.4 Å². The molecule has 3 fully saturated rings. The normalized spacial score (nSPS) is 22.4. The average Bonchev–Trinajstić information content (AvgIpc) is 3.84. The van der Waals surface area contributed by atoms with E-state index in [0.717, 1.165) is 6.07 Å². The fourth-order valence-electron chi connectivity index (χ4n) is 5.48. The Kier molecular flexibility index (Phi) is 7.33. The lowest BCUT2D eigenvalue weighted by Crippen LogP contribution is -2.56. The highest BCUT2D eigenvalue weighted by atomic mass is 32.2. The average molecular weight is 630 g/mol. The van der Waals surface area contributed by atoms with E-state index in [2.05, 4.69) is 10.1 Å². The summed E-state index contributed by atoms with van der Waals surface area (Å²) in [5.41, 5.74) is -3.90. The molecule has 0 bridgehead atoms. The number of nitriles is 1. The zero-order chi connectivity index (χ0) is 31.6. The minimum absolute atomic E-state index is 0.0199. The predicted molar refractivity (Wildman–Crippen MR) is 138 cm³/mol. The molecule has 0 spiro atoms. The van der Waals surface area contributed by atoms with E-state index in [1.165, 1.54) is 43.3 Å². The number of hydrogen-bond acceptors (Lipinski definition) is 7. The van der Waals surface area contributed by atoms with E-state index in [1.807, 2.05) is 0 Å². The molecule has 0 unspecified atom stereocenters. The molecule has 1 aliphatic heterocycles. The van der Waals surface area contributed by atoms with Crippen molar-refractivity contribution < 1.29 is 49.1 Å². The number of benzene rings is 2. The van der Waals surface area contributed by atoms with Gasteiger partial charge in [0.2, 0.25) is 11.8 Å². The van der Waals surface area contributed by atoms with Gasteiger partial charge in [0, 0.05) is 12.1 Å². The lowest BCUT2D eigenvalue weighted by Gasteiger charge is -2.32. The first-order chi connectivity index (χ1) is 20.0. The number of alkyl halides is 6. The second-order valence-corrected chi connectivity index (χ2v) is 13.3. The molecule has 43 heavy (non-hydrogen) atoms. The lowest BCUT2D eigenvalue weighted by atomic mass is 10.0. The van der Waals surface area contributed by atoms with Crippen molar-refractivity contribution >= 4 is 21.7 Å². The summed E-state index contributed by atoms with van der Waals surface area (Å²) in [6.07, 6.45) is -11.2. The predicted octanol–water partition coefficient (Wildman–Crippen LogP) is 4.82. The minimum atomic E-state index is -4.95. The van der Waals surface area contributed by atoms with Crippen LogP contribution in [0.5, 0.6) is 5.75 Å². The van der Waals surface area contributed by atoms with Gasteiger partial charge in [-0.25, -0.2) is 8.42 Å². The Morgan fingerprint density at radius 2 is 1.70 bits per heavy atom. The van der Waals surface area contributed by atoms with Crippen LogP contribution in [0.2, 0.25) is 0 Å². The Morgan fingerprint density at radius 1 is 1.05 bits per heavy atom. The quantitative estimate of drug-likeness (QED) is 0.345. The van der Waals surface area contributed by atoms with E-state index < -0.39 is 75.0 Å². The molecular formula is C28H25F6N3O5S. The Balaban J connectivity index is 1.37. The van der Waals surface area contributed by atoms with E-state index in [1.54, 1.807) is 6.07 Å². The van der Waals surface area contributed by atoms with Crippen LogP contribution in [-0.2, 0) is 19.4 Å². The number of nitrogens with zero attached hydrogens (tertiary/aromatic N) is 2. The van der Waals surface area contributed by atoms with E-state index in [9.17, 15) is 49.6 Å². The van der Waals surface area contributed by atoms with Gasteiger partial charge in [0.15, 0.2) is 9.84 Å². The Morgan fingerprint density at radius 3 is 2.23 bits per heavy atom. The number of nitrogens with one attached hydrogen (secondary N) is 1. The Hall–Kier alpha value is -3.64. The fraction of sp³-hybridized carbons (Fsp3) is 0.464. The van der Waals surface area contributed by atoms with Gasteiger partial charge in [-0.15, -0.1) is 13.2 Å². The van der Waals surface area contributed by atoms with Gasteiger partial charge >= 0.3 is 12.5 Å². The molecule has 2 aromatic carbocycles. The maximum atomic E-state index is 13.7. The van der Waals surface area contributed by atoms with Crippen LogP contribution in [-0.4, -0.2) is 61.0 Å². The third kappa shape index (κ3) is 5.46. The second kappa shape index (κ2) is 10.2. The third-order valence-electron chi connectivity index (χ3n) is 8.22. The molecule has 8 nitrogen and oxygen atoms in total. The monoisotopic (exact) mass is 629 g/mol. The van der Waals surface area contributed by atoms with Crippen LogP contribution >= 0.6 is 0 Å². The van der Waals surface area contributed by atoms with E-state index in [0.29, 0.717) is 4.90 Å². The summed E-state index contributed by atoms with van der Waals surface area (Å²) in [7, 11) is -4.16. The van der Waals surface area contributed by atoms with Gasteiger partial charge in [0.25, 0.3) is 0 Å². The summed E-state index contributed by atoms with van der Waals surface area (Å²) in [6, 6.07) is 9.74. The minimum Gasteiger partial charge on any atom is -0.405 e. The Bertz CT molecular complexity index is 1620. The molecule has 2 saturated carbocycles. The number of amides is 2. The van der Waals surface area contributed by atoms with Crippen molar-refractivity contribution in [3.63, 3.8) is 0 Å². The highest BCUT2D eigenvalue weighted by Crippen LogP contribution is 2.60. The van der Waals surface area contributed by atoms with Crippen molar-refractivity contribution in [2.45, 2.75) is 73.3 Å². The van der Waals surface area contributed by atoms with Crippen LogP contribution in [0.4, 0.5) is 26.3 Å². The van der Waals surface area contributed by atoms with Gasteiger partial charge in [-0.2, -0.15) is 18.4 Å². The maximum Gasteiger partial charge on any atom is 0.573 e. The number of carbonyl (C=O) groups is 2. The summed E-state index contributed by atoms with van der Waals surface area (Å²) >= 11 is 0. The topological polar surface area (TPSA) is 117 Å². The summed E-state index contributed by atoms with van der Waals surface area (Å²) in [6.45, 7) is 1.19. The first kappa shape index (κ1) is 30.8. The molecule has 0 radical (unpaired) electrons. The number of aryl methyl sites for hydroxylation is 1. The van der Waals surface area contributed by atoms with Crippen LogP contribution in [0.1, 0.15) is 37.7 Å². The van der Waals surface area contributed by atoms with Crippen molar-refractivity contribution in [3.8, 4) is 22.9 Å². The van der Waals surface area contributed by atoms with E-state index >= 15 is 0 Å². The molecule has 230 valence electrons. The molecule has 1 N–H and O–H groups in total. The molecule has 15 heteroatoms. The first-order valence-electron chi connectivity index (χ1n) is 13.3. The first-order valence-corrected chi connectivity index (χ1v) is 14.8. The molecule has 0 aromatic heterocycles. The van der Waals surface area contributed by atoms with Gasteiger partial charge in [0.05, 0.1) is 22.3 Å². The SMILES string of the molecule is Cc1cc(-c2ccccc2OC(F)(F)F)ccc1S(=O)(=O)[C@H]1CN[C@H](C(=O)N(C(=O)C2(C(F)(F)F)CC2)C2(C#N)CC2)C1. The summed E-state index contributed by atoms with van der Waals surface area (Å²) < 4.78 is 111. The molecule has 2 amide bonds. The molecule has 2 aromatic rings. The summed E-state index contributed by atoms with van der Waals surface area (Å²) in [5, 5.41) is 11.1. The lowest BCUT2D eigenvalue weighted by molar-refractivity contribution is -0.274. The Labute approximate surface area is 242 Å². The highest BCUT2D eigenvalue weighted by Gasteiger charge is 2.72. The van der Waals surface area contributed by atoms with Crippen molar-refractivity contribution in [1.29, 1.82) is 5.26 Å². The molecule has 2 atom stereocenters. The number of sulfone groups is 1. The molecule has 5 rings (SSSR count). The largest absolute Gasteiger partial charge is 0.573 e. The van der Waals surface area contributed by atoms with Crippen molar-refractivity contribution in [3.05, 3.63) is 48.0 Å². The van der Waals surface area contributed by atoms with E-state index in [-0.39, 0.29) is 47.4 Å². The zero-order valence-corrected chi connectivity index (χ0v) is 23.4. The number of rotatable bonds is 7. The molecule has 2 aliphatic carbocycles.